The van der Waals surface area contributed by atoms with Crippen molar-refractivity contribution < 1.29 is 19.4 Å². The molecule has 0 amide bonds. The molecule has 0 saturated heterocycles. The van der Waals surface area contributed by atoms with Gasteiger partial charge in [0.05, 0.1) is 6.08 Å². The van der Waals surface area contributed by atoms with Crippen LogP contribution in [-0.2, 0) is 19.4 Å². The Morgan fingerprint density at radius 1 is 1.45 bits per heavy atom. The van der Waals surface area contributed by atoms with E-state index in [2.05, 4.69) is 11.3 Å². The van der Waals surface area contributed by atoms with Crippen LogP contribution in [0.3, 0.4) is 0 Å². The Bertz CT molecular complexity index is 214. The highest BCUT2D eigenvalue weighted by Gasteiger charge is 1.99. The third kappa shape index (κ3) is 4.90. The number of rotatable bonds is 3. The molecule has 0 N–H and O–H groups in total. The summed E-state index contributed by atoms with van der Waals surface area (Å²) in [4.78, 5) is 20.3. The number of ether oxygens (including phenoxy) is 1. The molecule has 1 radical (unpaired) electrons. The number of carbonyl (C=O) groups is 2. The third-order valence-corrected chi connectivity index (χ3v) is 0.728. The van der Waals surface area contributed by atoms with Crippen molar-refractivity contribution in [3.05, 3.63) is 24.5 Å². The summed E-state index contributed by atoms with van der Waals surface area (Å²) in [5.74, 6) is -2.08. The van der Waals surface area contributed by atoms with Crippen molar-refractivity contribution in [3.63, 3.8) is 0 Å². The molecule has 0 spiro atoms. The third-order valence-electron chi connectivity index (χ3n) is 0.728. The minimum atomic E-state index is -1.42. The average molecular weight is 155 g/mol. The fourth-order valence-corrected chi connectivity index (χ4v) is 0.252. The summed E-state index contributed by atoms with van der Waals surface area (Å²) in [6, 6.07) is 0. The Morgan fingerprint density at radius 2 is 2.00 bits per heavy atom. The molecule has 0 unspecified atom stereocenters. The zero-order chi connectivity index (χ0) is 8.85. The average Bonchev–Trinajstić information content (AvgIpc) is 1.86. The van der Waals surface area contributed by atoms with E-state index in [-0.39, 0.29) is 5.57 Å². The molecule has 0 aromatic carbocycles. The van der Waals surface area contributed by atoms with Crippen molar-refractivity contribution in [1.82, 2.24) is 0 Å². The Kier molecular flexibility index (Phi) is 3.66. The Labute approximate surface area is 63.8 Å². The molecular weight excluding hydrogens is 148 g/mol. The van der Waals surface area contributed by atoms with Crippen LogP contribution >= 0.6 is 0 Å². The van der Waals surface area contributed by atoms with Crippen molar-refractivity contribution in [1.29, 1.82) is 0 Å². The van der Waals surface area contributed by atoms with Gasteiger partial charge in [-0.2, -0.15) is 0 Å². The molecule has 0 saturated carbocycles. The van der Waals surface area contributed by atoms with Gasteiger partial charge in [-0.15, -0.1) is 0 Å². The van der Waals surface area contributed by atoms with Crippen LogP contribution < -0.4 is 0 Å². The second-order valence-corrected chi connectivity index (χ2v) is 1.81. The number of hydrogen-bond donors (Lipinski definition) is 0. The number of hydrogen-bond acceptors (Lipinski definition) is 3. The Hall–Kier alpha value is -1.58. The molecule has 0 rings (SSSR count). The van der Waals surface area contributed by atoms with E-state index in [9.17, 15) is 14.7 Å². The van der Waals surface area contributed by atoms with Crippen molar-refractivity contribution in [3.8, 4) is 0 Å². The summed E-state index contributed by atoms with van der Waals surface area (Å²) in [5.41, 5.74) is 0.202. The fraction of sp³-hybridized carbons (Fsp3) is 0.143. The molecule has 0 aliphatic heterocycles. The lowest BCUT2D eigenvalue weighted by Crippen LogP contribution is -1.99. The van der Waals surface area contributed by atoms with Gasteiger partial charge in [0.2, 0.25) is 0 Å². The molecule has 4 nitrogen and oxygen atoms in total. The normalized spacial score (nSPS) is 9.55. The lowest BCUT2D eigenvalue weighted by Gasteiger charge is -1.93. The predicted molar refractivity (Wildman–Crippen MR) is 35.7 cm³/mol. The molecule has 0 aliphatic carbocycles. The Balaban J connectivity index is 3.80. The maximum Gasteiger partial charge on any atom is 0.382 e. The molecule has 4 heteroatoms. The van der Waals surface area contributed by atoms with E-state index in [1.54, 1.807) is 0 Å². The fourth-order valence-electron chi connectivity index (χ4n) is 0.252. The van der Waals surface area contributed by atoms with Crippen LogP contribution in [0.1, 0.15) is 6.92 Å². The van der Waals surface area contributed by atoms with E-state index < -0.39 is 11.9 Å². The lowest BCUT2D eigenvalue weighted by molar-refractivity contribution is -0.137. The van der Waals surface area contributed by atoms with E-state index in [1.807, 2.05) is 0 Å². The largest absolute Gasteiger partial charge is 0.431 e. The summed E-state index contributed by atoms with van der Waals surface area (Å²) in [6.45, 7) is 4.73. The molecule has 0 aromatic rings. The maximum absolute atomic E-state index is 10.5. The summed E-state index contributed by atoms with van der Waals surface area (Å²) < 4.78 is 4.27. The smallest absolute Gasteiger partial charge is 0.382 e. The molecule has 0 heterocycles. The topological polar surface area (TPSA) is 63.3 Å². The molecule has 11 heavy (non-hydrogen) atoms. The minimum absolute atomic E-state index is 0.202. The van der Waals surface area contributed by atoms with Gasteiger partial charge in [0, 0.05) is 5.57 Å². The predicted octanol–water partition coefficient (Wildman–Crippen LogP) is 0.576. The first-order valence-electron chi connectivity index (χ1n) is 2.78. The second-order valence-electron chi connectivity index (χ2n) is 1.81. The first-order chi connectivity index (χ1) is 5.04. The van der Waals surface area contributed by atoms with Crippen LogP contribution in [0.4, 0.5) is 0 Å². The van der Waals surface area contributed by atoms with Gasteiger partial charge < -0.3 is 4.74 Å². The van der Waals surface area contributed by atoms with E-state index in [0.717, 1.165) is 6.26 Å². The van der Waals surface area contributed by atoms with Crippen molar-refractivity contribution in [2.75, 3.05) is 0 Å². The summed E-state index contributed by atoms with van der Waals surface area (Å²) in [7, 11) is 0. The van der Waals surface area contributed by atoms with Crippen molar-refractivity contribution in [2.24, 2.45) is 0 Å². The van der Waals surface area contributed by atoms with Crippen LogP contribution in [0.5, 0.6) is 0 Å². The van der Waals surface area contributed by atoms with Crippen LogP contribution in [0.25, 0.3) is 0 Å². The SMILES string of the molecule is C=C(C)C(=O)OC=CC([O])=O. The van der Waals surface area contributed by atoms with E-state index >= 15 is 0 Å². The molecule has 0 bridgehead atoms. The second kappa shape index (κ2) is 4.27. The monoisotopic (exact) mass is 155 g/mol. The van der Waals surface area contributed by atoms with Crippen LogP contribution in [0.2, 0.25) is 0 Å². The Morgan fingerprint density at radius 3 is 2.36 bits per heavy atom. The van der Waals surface area contributed by atoms with E-state index in [4.69, 9.17) is 0 Å². The summed E-state index contributed by atoms with van der Waals surface area (Å²) in [6.07, 6.45) is 1.35. The quantitative estimate of drug-likeness (QED) is 0.340. The van der Waals surface area contributed by atoms with Crippen LogP contribution in [-0.4, -0.2) is 11.9 Å². The van der Waals surface area contributed by atoms with Gasteiger partial charge in [-0.25, -0.2) is 14.7 Å². The van der Waals surface area contributed by atoms with Gasteiger partial charge in [-0.05, 0) is 6.92 Å². The van der Waals surface area contributed by atoms with Crippen molar-refractivity contribution in [2.45, 2.75) is 6.92 Å². The van der Waals surface area contributed by atoms with Gasteiger partial charge in [0.25, 0.3) is 0 Å². The molecule has 0 atom stereocenters. The van der Waals surface area contributed by atoms with Gasteiger partial charge >= 0.3 is 11.9 Å². The van der Waals surface area contributed by atoms with Crippen molar-refractivity contribution >= 4 is 11.9 Å². The highest BCUT2D eigenvalue weighted by atomic mass is 16.5. The van der Waals surface area contributed by atoms with Gasteiger partial charge in [0.15, 0.2) is 0 Å². The van der Waals surface area contributed by atoms with Gasteiger partial charge in [0.1, 0.15) is 6.26 Å². The maximum atomic E-state index is 10.5. The number of esters is 1. The van der Waals surface area contributed by atoms with Crippen LogP contribution in [0.15, 0.2) is 24.5 Å². The van der Waals surface area contributed by atoms with E-state index in [1.165, 1.54) is 6.92 Å². The van der Waals surface area contributed by atoms with Gasteiger partial charge in [-0.3, -0.25) is 0 Å². The first-order valence-corrected chi connectivity index (χ1v) is 2.78. The van der Waals surface area contributed by atoms with E-state index in [0.29, 0.717) is 6.08 Å². The molecule has 0 aliphatic rings. The highest BCUT2D eigenvalue weighted by Crippen LogP contribution is 1.91. The first kappa shape index (κ1) is 9.42. The number of carbonyl (C=O) groups excluding carboxylic acids is 2. The van der Waals surface area contributed by atoms with Gasteiger partial charge in [-0.1, -0.05) is 6.58 Å². The summed E-state index contributed by atoms with van der Waals surface area (Å²) in [5, 5.41) is 9.74. The molecule has 59 valence electrons. The molecule has 0 aromatic heterocycles. The zero-order valence-corrected chi connectivity index (χ0v) is 5.99. The lowest BCUT2D eigenvalue weighted by atomic mass is 10.4. The molecule has 0 fully saturated rings. The minimum Gasteiger partial charge on any atom is -0.431 e. The summed E-state index contributed by atoms with van der Waals surface area (Å²) >= 11 is 0. The molecular formula is C7H7O4. The highest BCUT2D eigenvalue weighted by molar-refractivity contribution is 5.88. The zero-order valence-electron chi connectivity index (χ0n) is 5.99. The standard InChI is InChI=1S/C7H7O4/c1-5(2)7(10)11-4-3-6(8)9/h3-4H,1H2,2H3. The van der Waals surface area contributed by atoms with Crippen LogP contribution in [0, 0.1) is 0 Å².